The van der Waals surface area contributed by atoms with Crippen LogP contribution >= 0.6 is 0 Å². The molecule has 1 saturated heterocycles. The van der Waals surface area contributed by atoms with Gasteiger partial charge in [-0.1, -0.05) is 24.3 Å². The van der Waals surface area contributed by atoms with Crippen molar-refractivity contribution in [1.82, 2.24) is 4.90 Å². The molecule has 0 aromatic heterocycles. The van der Waals surface area contributed by atoms with Crippen molar-refractivity contribution in [2.24, 2.45) is 0 Å². The van der Waals surface area contributed by atoms with Crippen molar-refractivity contribution in [2.75, 3.05) is 0 Å². The van der Waals surface area contributed by atoms with E-state index in [1.54, 1.807) is 4.90 Å². The van der Waals surface area contributed by atoms with Gasteiger partial charge in [-0.05, 0) is 17.5 Å². The third-order valence-corrected chi connectivity index (χ3v) is 3.54. The van der Waals surface area contributed by atoms with Crippen LogP contribution in [0, 0.1) is 0 Å². The Kier molecular flexibility index (Phi) is 2.02. The van der Waals surface area contributed by atoms with Crippen LogP contribution in [-0.2, 0) is 17.8 Å². The highest BCUT2D eigenvalue weighted by Crippen LogP contribution is 2.31. The monoisotopic (exact) mass is 219 g/mol. The van der Waals surface area contributed by atoms with Crippen LogP contribution in [0.25, 0.3) is 0 Å². The Morgan fingerprint density at radius 1 is 1.19 bits per heavy atom. The second-order valence-corrected chi connectivity index (χ2v) is 4.44. The number of rotatable bonds is 0. The lowest BCUT2D eigenvalue weighted by Crippen LogP contribution is -2.41. The number of amides is 1. The van der Waals surface area contributed by atoms with Crippen LogP contribution in [0.15, 0.2) is 24.3 Å². The number of hydrogen-bond acceptors (Lipinski definition) is 3. The summed E-state index contributed by atoms with van der Waals surface area (Å²) in [6.45, 7) is 0.494. The lowest BCUT2D eigenvalue weighted by Gasteiger charge is -2.32. The molecular weight excluding hydrogens is 206 g/mol. The fourth-order valence-corrected chi connectivity index (χ4v) is 2.62. The van der Waals surface area contributed by atoms with Crippen LogP contribution in [0.1, 0.15) is 11.1 Å². The van der Waals surface area contributed by atoms with Gasteiger partial charge in [-0.25, -0.2) is 0 Å². The van der Waals surface area contributed by atoms with E-state index in [-0.39, 0.29) is 11.9 Å². The molecule has 0 saturated carbocycles. The predicted octanol–water partition coefficient (Wildman–Crippen LogP) is -0.325. The zero-order valence-electron chi connectivity index (χ0n) is 8.71. The van der Waals surface area contributed by atoms with E-state index in [1.165, 1.54) is 0 Å². The van der Waals surface area contributed by atoms with Gasteiger partial charge in [-0.2, -0.15) is 0 Å². The number of carbonyl (C=O) groups excluding carboxylic acids is 1. The molecule has 16 heavy (non-hydrogen) atoms. The van der Waals surface area contributed by atoms with E-state index in [4.69, 9.17) is 0 Å². The first-order valence-electron chi connectivity index (χ1n) is 5.42. The fourth-order valence-electron chi connectivity index (χ4n) is 2.62. The molecule has 0 aliphatic carbocycles. The topological polar surface area (TPSA) is 60.8 Å². The number of nitrogens with zero attached hydrogens (tertiary/aromatic N) is 1. The summed E-state index contributed by atoms with van der Waals surface area (Å²) >= 11 is 0. The SMILES string of the molecule is O=C1[C@@H](O)[C@@H](O)[C@H]2Cc3ccccc3CN12. The Morgan fingerprint density at radius 3 is 2.62 bits per heavy atom. The van der Waals surface area contributed by atoms with Crippen LogP contribution in [0.3, 0.4) is 0 Å². The summed E-state index contributed by atoms with van der Waals surface area (Å²) in [6, 6.07) is 7.61. The summed E-state index contributed by atoms with van der Waals surface area (Å²) in [6.07, 6.45) is -1.58. The maximum Gasteiger partial charge on any atom is 0.254 e. The van der Waals surface area contributed by atoms with Crippen molar-refractivity contribution in [3.8, 4) is 0 Å². The zero-order valence-corrected chi connectivity index (χ0v) is 8.71. The number of fused-ring (bicyclic) bond motifs is 2. The van der Waals surface area contributed by atoms with E-state index in [9.17, 15) is 15.0 Å². The first-order valence-corrected chi connectivity index (χ1v) is 5.42. The average Bonchev–Trinajstić information content (AvgIpc) is 2.52. The minimum Gasteiger partial charge on any atom is -0.388 e. The number of carbonyl (C=O) groups is 1. The van der Waals surface area contributed by atoms with E-state index in [0.717, 1.165) is 11.1 Å². The summed E-state index contributed by atoms with van der Waals surface area (Å²) < 4.78 is 0. The molecule has 2 aliphatic heterocycles. The minimum atomic E-state index is -1.25. The predicted molar refractivity (Wildman–Crippen MR) is 56.5 cm³/mol. The summed E-state index contributed by atoms with van der Waals surface area (Å²) in [7, 11) is 0. The summed E-state index contributed by atoms with van der Waals surface area (Å²) in [5.41, 5.74) is 2.26. The van der Waals surface area contributed by atoms with Gasteiger partial charge in [0.25, 0.3) is 5.91 Å². The van der Waals surface area contributed by atoms with E-state index >= 15 is 0 Å². The number of aliphatic hydroxyl groups is 2. The molecule has 4 nitrogen and oxygen atoms in total. The third kappa shape index (κ3) is 1.20. The van der Waals surface area contributed by atoms with Crippen molar-refractivity contribution in [3.63, 3.8) is 0 Å². The fraction of sp³-hybridized carbons (Fsp3) is 0.417. The largest absolute Gasteiger partial charge is 0.388 e. The van der Waals surface area contributed by atoms with Crippen LogP contribution < -0.4 is 0 Å². The first-order chi connectivity index (χ1) is 7.68. The lowest BCUT2D eigenvalue weighted by atomic mass is 9.93. The molecule has 2 N–H and O–H groups in total. The summed E-state index contributed by atoms with van der Waals surface area (Å²) in [5, 5.41) is 19.3. The summed E-state index contributed by atoms with van der Waals surface area (Å²) in [4.78, 5) is 13.3. The molecular formula is C12H13NO3. The molecule has 0 spiro atoms. The van der Waals surface area contributed by atoms with E-state index in [1.807, 2.05) is 24.3 Å². The van der Waals surface area contributed by atoms with Gasteiger partial charge in [0.05, 0.1) is 6.04 Å². The zero-order chi connectivity index (χ0) is 11.3. The van der Waals surface area contributed by atoms with Gasteiger partial charge in [0.1, 0.15) is 6.10 Å². The quantitative estimate of drug-likeness (QED) is 0.628. The van der Waals surface area contributed by atoms with Gasteiger partial charge >= 0.3 is 0 Å². The van der Waals surface area contributed by atoms with Crippen molar-refractivity contribution in [3.05, 3.63) is 35.4 Å². The Morgan fingerprint density at radius 2 is 1.88 bits per heavy atom. The van der Waals surface area contributed by atoms with Gasteiger partial charge < -0.3 is 15.1 Å². The van der Waals surface area contributed by atoms with Crippen LogP contribution in [0.4, 0.5) is 0 Å². The molecule has 1 aromatic carbocycles. The average molecular weight is 219 g/mol. The smallest absolute Gasteiger partial charge is 0.254 e. The molecule has 3 rings (SSSR count). The maximum absolute atomic E-state index is 11.7. The number of hydrogen-bond donors (Lipinski definition) is 2. The Hall–Kier alpha value is -1.39. The van der Waals surface area contributed by atoms with E-state index in [2.05, 4.69) is 0 Å². The number of benzene rings is 1. The van der Waals surface area contributed by atoms with Crippen LogP contribution in [-0.4, -0.2) is 39.3 Å². The summed E-state index contributed by atoms with van der Waals surface area (Å²) in [5.74, 6) is -0.355. The van der Waals surface area contributed by atoms with Gasteiger partial charge in [0, 0.05) is 6.54 Å². The normalized spacial score (nSPS) is 32.5. The second-order valence-electron chi connectivity index (χ2n) is 4.44. The Labute approximate surface area is 93.1 Å². The molecule has 2 heterocycles. The molecule has 2 aliphatic rings. The van der Waals surface area contributed by atoms with Crippen molar-refractivity contribution < 1.29 is 15.0 Å². The van der Waals surface area contributed by atoms with E-state index < -0.39 is 12.2 Å². The molecule has 0 unspecified atom stereocenters. The maximum atomic E-state index is 11.7. The minimum absolute atomic E-state index is 0.266. The van der Waals surface area contributed by atoms with Gasteiger partial charge in [0.2, 0.25) is 0 Å². The highest BCUT2D eigenvalue weighted by atomic mass is 16.3. The van der Waals surface area contributed by atoms with Gasteiger partial charge in [-0.3, -0.25) is 4.79 Å². The first kappa shape index (κ1) is 9.81. The van der Waals surface area contributed by atoms with E-state index in [0.29, 0.717) is 13.0 Å². The molecule has 0 radical (unpaired) electrons. The molecule has 1 fully saturated rings. The molecule has 1 amide bonds. The molecule has 1 aromatic rings. The number of aliphatic hydroxyl groups excluding tert-OH is 2. The van der Waals surface area contributed by atoms with Crippen molar-refractivity contribution in [1.29, 1.82) is 0 Å². The van der Waals surface area contributed by atoms with Crippen LogP contribution in [0.2, 0.25) is 0 Å². The molecule has 0 bridgehead atoms. The van der Waals surface area contributed by atoms with Gasteiger partial charge in [0.15, 0.2) is 6.10 Å². The standard InChI is InChI=1S/C12H13NO3/c14-10-9-5-7-3-1-2-4-8(7)6-13(9)12(16)11(10)15/h1-4,9-11,14-15H,5-6H2/t9-,10+,11+/m1/s1. The van der Waals surface area contributed by atoms with Crippen molar-refractivity contribution >= 4 is 5.91 Å². The molecule has 4 heteroatoms. The highest BCUT2D eigenvalue weighted by molar-refractivity contribution is 5.84. The highest BCUT2D eigenvalue weighted by Gasteiger charge is 2.48. The third-order valence-electron chi connectivity index (χ3n) is 3.54. The van der Waals surface area contributed by atoms with Gasteiger partial charge in [-0.15, -0.1) is 0 Å². The van der Waals surface area contributed by atoms with Crippen LogP contribution in [0.5, 0.6) is 0 Å². The Balaban J connectivity index is 1.99. The molecule has 3 atom stereocenters. The Bertz CT molecular complexity index is 446. The lowest BCUT2D eigenvalue weighted by molar-refractivity contribution is -0.136. The van der Waals surface area contributed by atoms with Crippen molar-refractivity contribution in [2.45, 2.75) is 31.2 Å². The second kappa shape index (κ2) is 3.30. The molecule has 84 valence electrons.